The van der Waals surface area contributed by atoms with Crippen molar-refractivity contribution in [2.45, 2.75) is 45.6 Å². The maximum absolute atomic E-state index is 11.8. The Morgan fingerprint density at radius 2 is 2.15 bits per heavy atom. The SMILES string of the molecule is CCNC(=NCCCc1cnn(C)c1)NC1CCN(C(=O)OCC)CC1. The summed E-state index contributed by atoms with van der Waals surface area (Å²) in [5.41, 5.74) is 1.24. The number of carbonyl (C=O) groups excluding carboxylic acids is 1. The molecule has 1 aromatic heterocycles. The molecule has 0 aromatic carbocycles. The Hall–Kier alpha value is -2.25. The van der Waals surface area contributed by atoms with Crippen molar-refractivity contribution in [3.8, 4) is 0 Å². The van der Waals surface area contributed by atoms with Gasteiger partial charge in [0.05, 0.1) is 12.8 Å². The topological polar surface area (TPSA) is 83.8 Å². The van der Waals surface area contributed by atoms with Crippen molar-refractivity contribution in [1.82, 2.24) is 25.3 Å². The largest absolute Gasteiger partial charge is 0.450 e. The zero-order chi connectivity index (χ0) is 18.8. The monoisotopic (exact) mass is 364 g/mol. The van der Waals surface area contributed by atoms with E-state index in [9.17, 15) is 4.79 Å². The second kappa shape index (κ2) is 10.7. The van der Waals surface area contributed by atoms with Crippen molar-refractivity contribution in [2.24, 2.45) is 12.0 Å². The van der Waals surface area contributed by atoms with Crippen molar-refractivity contribution in [3.05, 3.63) is 18.0 Å². The third kappa shape index (κ3) is 6.57. The van der Waals surface area contributed by atoms with Gasteiger partial charge in [0.1, 0.15) is 0 Å². The standard InChI is InChI=1S/C18H32N6O2/c1-4-19-17(20-10-6-7-15-13-21-23(3)14-15)22-16-8-11-24(12-9-16)18(25)26-5-2/h13-14,16H,4-12H2,1-3H3,(H2,19,20,22). The number of guanidine groups is 1. The number of carbonyl (C=O) groups is 1. The minimum atomic E-state index is -0.207. The minimum absolute atomic E-state index is 0.207. The lowest BCUT2D eigenvalue weighted by Gasteiger charge is -2.32. The van der Waals surface area contributed by atoms with Crippen LogP contribution in [0, 0.1) is 0 Å². The average molecular weight is 364 g/mol. The van der Waals surface area contributed by atoms with E-state index in [-0.39, 0.29) is 6.09 Å². The molecule has 0 bridgehead atoms. The summed E-state index contributed by atoms with van der Waals surface area (Å²) in [5, 5.41) is 11.0. The van der Waals surface area contributed by atoms with Gasteiger partial charge in [-0.05, 0) is 45.1 Å². The van der Waals surface area contributed by atoms with Gasteiger partial charge in [0.25, 0.3) is 0 Å². The first-order chi connectivity index (χ1) is 12.6. The predicted molar refractivity (Wildman–Crippen MR) is 102 cm³/mol. The van der Waals surface area contributed by atoms with E-state index >= 15 is 0 Å². The summed E-state index contributed by atoms with van der Waals surface area (Å²) in [6, 6.07) is 0.330. The third-order valence-electron chi connectivity index (χ3n) is 4.36. The Labute approximate surface area is 156 Å². The highest BCUT2D eigenvalue weighted by Gasteiger charge is 2.23. The van der Waals surface area contributed by atoms with Gasteiger partial charge in [0.2, 0.25) is 0 Å². The summed E-state index contributed by atoms with van der Waals surface area (Å²) in [6.07, 6.45) is 7.52. The Kier molecular flexibility index (Phi) is 8.24. The average Bonchev–Trinajstić information content (AvgIpc) is 3.05. The number of piperidine rings is 1. The van der Waals surface area contributed by atoms with Crippen LogP contribution in [0.1, 0.15) is 38.7 Å². The summed E-state index contributed by atoms with van der Waals surface area (Å²) in [4.78, 5) is 18.2. The van der Waals surface area contributed by atoms with Gasteiger partial charge in [-0.15, -0.1) is 0 Å². The highest BCUT2D eigenvalue weighted by molar-refractivity contribution is 5.80. The van der Waals surface area contributed by atoms with E-state index in [0.717, 1.165) is 57.8 Å². The van der Waals surface area contributed by atoms with Crippen LogP contribution in [0.2, 0.25) is 0 Å². The van der Waals surface area contributed by atoms with Gasteiger partial charge < -0.3 is 20.3 Å². The number of ether oxygens (including phenoxy) is 1. The molecule has 26 heavy (non-hydrogen) atoms. The first-order valence-corrected chi connectivity index (χ1v) is 9.56. The minimum Gasteiger partial charge on any atom is -0.450 e. The molecule has 1 aliphatic heterocycles. The normalized spacial score (nSPS) is 15.8. The van der Waals surface area contributed by atoms with Crippen molar-refractivity contribution < 1.29 is 9.53 Å². The number of nitrogens with one attached hydrogen (secondary N) is 2. The molecule has 0 atom stereocenters. The van der Waals surface area contributed by atoms with E-state index in [2.05, 4.69) is 27.6 Å². The van der Waals surface area contributed by atoms with Crippen LogP contribution in [-0.2, 0) is 18.2 Å². The molecule has 8 heteroatoms. The number of likely N-dealkylation sites (tertiary alicyclic amines) is 1. The zero-order valence-electron chi connectivity index (χ0n) is 16.2. The fourth-order valence-corrected chi connectivity index (χ4v) is 3.01. The number of hydrogen-bond acceptors (Lipinski definition) is 4. The van der Waals surface area contributed by atoms with Crippen molar-refractivity contribution in [1.29, 1.82) is 0 Å². The molecule has 8 nitrogen and oxygen atoms in total. The first kappa shape index (κ1) is 20.1. The lowest BCUT2D eigenvalue weighted by Crippen LogP contribution is -2.49. The summed E-state index contributed by atoms with van der Waals surface area (Å²) < 4.78 is 6.89. The summed E-state index contributed by atoms with van der Waals surface area (Å²) in [7, 11) is 1.93. The van der Waals surface area contributed by atoms with Crippen LogP contribution >= 0.6 is 0 Å². The van der Waals surface area contributed by atoms with Crippen LogP contribution in [0.4, 0.5) is 4.79 Å². The maximum Gasteiger partial charge on any atom is 0.409 e. The Morgan fingerprint density at radius 3 is 2.77 bits per heavy atom. The van der Waals surface area contributed by atoms with Gasteiger partial charge in [-0.3, -0.25) is 9.67 Å². The van der Waals surface area contributed by atoms with Gasteiger partial charge in [-0.1, -0.05) is 0 Å². The highest BCUT2D eigenvalue weighted by Crippen LogP contribution is 2.11. The number of hydrogen-bond donors (Lipinski definition) is 2. The van der Waals surface area contributed by atoms with Crippen molar-refractivity contribution in [2.75, 3.05) is 32.8 Å². The quantitative estimate of drug-likeness (QED) is 0.435. The van der Waals surface area contributed by atoms with Crippen LogP contribution < -0.4 is 10.6 Å². The van der Waals surface area contributed by atoms with E-state index in [1.807, 2.05) is 31.0 Å². The molecule has 2 heterocycles. The molecule has 1 fully saturated rings. The van der Waals surface area contributed by atoms with Crippen LogP contribution in [0.5, 0.6) is 0 Å². The Morgan fingerprint density at radius 1 is 1.38 bits per heavy atom. The number of amides is 1. The Balaban J connectivity index is 1.74. The number of nitrogens with zero attached hydrogens (tertiary/aromatic N) is 4. The molecule has 146 valence electrons. The fraction of sp³-hybridized carbons (Fsp3) is 0.722. The highest BCUT2D eigenvalue weighted by atomic mass is 16.6. The summed E-state index contributed by atoms with van der Waals surface area (Å²) in [6.45, 7) is 7.36. The number of aromatic nitrogens is 2. The molecule has 1 saturated heterocycles. The molecule has 2 N–H and O–H groups in total. The Bertz CT molecular complexity index is 578. The van der Waals surface area contributed by atoms with E-state index in [0.29, 0.717) is 12.6 Å². The molecule has 0 aliphatic carbocycles. The molecular formula is C18H32N6O2. The van der Waals surface area contributed by atoms with Gasteiger partial charge >= 0.3 is 6.09 Å². The van der Waals surface area contributed by atoms with Crippen LogP contribution in [-0.4, -0.2) is 65.6 Å². The smallest absolute Gasteiger partial charge is 0.409 e. The van der Waals surface area contributed by atoms with Crippen molar-refractivity contribution in [3.63, 3.8) is 0 Å². The van der Waals surface area contributed by atoms with Crippen LogP contribution in [0.15, 0.2) is 17.4 Å². The van der Waals surface area contributed by atoms with Gasteiger partial charge in [0, 0.05) is 45.5 Å². The number of aliphatic imine (C=N–C) groups is 1. The molecule has 0 radical (unpaired) electrons. The van der Waals surface area contributed by atoms with Gasteiger partial charge in [0.15, 0.2) is 5.96 Å². The van der Waals surface area contributed by atoms with E-state index < -0.39 is 0 Å². The molecule has 2 rings (SSSR count). The lowest BCUT2D eigenvalue weighted by molar-refractivity contribution is 0.0963. The first-order valence-electron chi connectivity index (χ1n) is 9.56. The van der Waals surface area contributed by atoms with Gasteiger partial charge in [-0.25, -0.2) is 4.79 Å². The molecule has 1 amide bonds. The number of aryl methyl sites for hydroxylation is 2. The summed E-state index contributed by atoms with van der Waals surface area (Å²) in [5.74, 6) is 0.855. The lowest BCUT2D eigenvalue weighted by atomic mass is 10.1. The molecule has 0 spiro atoms. The second-order valence-electron chi connectivity index (χ2n) is 6.49. The van der Waals surface area contributed by atoms with Crippen LogP contribution in [0.25, 0.3) is 0 Å². The molecule has 1 aliphatic rings. The third-order valence-corrected chi connectivity index (χ3v) is 4.36. The van der Waals surface area contributed by atoms with E-state index in [1.54, 1.807) is 4.90 Å². The molecule has 1 aromatic rings. The maximum atomic E-state index is 11.8. The second-order valence-corrected chi connectivity index (χ2v) is 6.49. The number of rotatable bonds is 7. The molecule has 0 unspecified atom stereocenters. The van der Waals surface area contributed by atoms with E-state index in [4.69, 9.17) is 4.74 Å². The van der Waals surface area contributed by atoms with Gasteiger partial charge in [-0.2, -0.15) is 5.10 Å². The predicted octanol–water partition coefficient (Wildman–Crippen LogP) is 1.53. The van der Waals surface area contributed by atoms with E-state index in [1.165, 1.54) is 5.56 Å². The molecule has 0 saturated carbocycles. The summed E-state index contributed by atoms with van der Waals surface area (Å²) >= 11 is 0. The molecular weight excluding hydrogens is 332 g/mol. The zero-order valence-corrected chi connectivity index (χ0v) is 16.2. The van der Waals surface area contributed by atoms with Crippen molar-refractivity contribution >= 4 is 12.1 Å². The fourth-order valence-electron chi connectivity index (χ4n) is 3.01. The van der Waals surface area contributed by atoms with Crippen LogP contribution in [0.3, 0.4) is 0 Å².